The molecule has 3 amide bonds. The minimum absolute atomic E-state index is 0.127. The van der Waals surface area contributed by atoms with Crippen molar-refractivity contribution in [1.82, 2.24) is 15.5 Å². The number of nitrogens with one attached hydrogen (secondary N) is 2. The van der Waals surface area contributed by atoms with Crippen LogP contribution in [0.25, 0.3) is 0 Å². The number of carbonyl (C=O) groups is 2. The molecule has 0 spiro atoms. The molecule has 1 aromatic rings. The van der Waals surface area contributed by atoms with Gasteiger partial charge in [-0.15, -0.1) is 0 Å². The van der Waals surface area contributed by atoms with Crippen LogP contribution in [0.4, 0.5) is 4.79 Å². The van der Waals surface area contributed by atoms with Gasteiger partial charge in [0.2, 0.25) is 5.91 Å². The minimum Gasteiger partial charge on any atom is -0.343 e. The van der Waals surface area contributed by atoms with Crippen molar-refractivity contribution in [2.24, 2.45) is 0 Å². The number of likely N-dealkylation sites (tertiary alicyclic amines) is 1. The predicted octanol–water partition coefficient (Wildman–Crippen LogP) is 2.32. The summed E-state index contributed by atoms with van der Waals surface area (Å²) in [7, 11) is 0. The van der Waals surface area contributed by atoms with E-state index < -0.39 is 0 Å². The van der Waals surface area contributed by atoms with Gasteiger partial charge in [0.15, 0.2) is 0 Å². The predicted molar refractivity (Wildman–Crippen MR) is 91.2 cm³/mol. The molecule has 0 unspecified atom stereocenters. The second-order valence-electron chi connectivity index (χ2n) is 6.16. The van der Waals surface area contributed by atoms with Gasteiger partial charge in [-0.25, -0.2) is 4.79 Å². The van der Waals surface area contributed by atoms with Gasteiger partial charge >= 0.3 is 6.03 Å². The lowest BCUT2D eigenvalue weighted by atomic mass is 10.1. The fourth-order valence-corrected chi connectivity index (χ4v) is 2.79. The standard InChI is InChI=1S/C18H27N3O2/c1-15(10-11-16-7-3-2-4-8-16)20-18(23)19-12-6-14-21-13-5-9-17(21)22/h2-4,7-8,15H,5-6,9-14H2,1H3,(H2,19,20,23)/t15-/m1/s1. The Bertz CT molecular complexity index is 504. The molecule has 0 aliphatic carbocycles. The van der Waals surface area contributed by atoms with Gasteiger partial charge in [-0.1, -0.05) is 30.3 Å². The number of nitrogens with zero attached hydrogens (tertiary/aromatic N) is 1. The first-order chi connectivity index (χ1) is 11.1. The molecule has 0 bridgehead atoms. The third-order valence-corrected chi connectivity index (χ3v) is 4.15. The molecule has 1 fully saturated rings. The van der Waals surface area contributed by atoms with Crippen LogP contribution < -0.4 is 10.6 Å². The van der Waals surface area contributed by atoms with E-state index in [0.29, 0.717) is 13.0 Å². The molecule has 23 heavy (non-hydrogen) atoms. The number of benzene rings is 1. The zero-order valence-corrected chi connectivity index (χ0v) is 13.9. The molecule has 1 aromatic carbocycles. The van der Waals surface area contributed by atoms with Crippen LogP contribution in [-0.2, 0) is 11.2 Å². The number of hydrogen-bond acceptors (Lipinski definition) is 2. The molecule has 126 valence electrons. The van der Waals surface area contributed by atoms with Gasteiger partial charge in [-0.2, -0.15) is 0 Å². The van der Waals surface area contributed by atoms with E-state index in [1.165, 1.54) is 5.56 Å². The molecule has 0 saturated carbocycles. The largest absolute Gasteiger partial charge is 0.343 e. The number of carbonyl (C=O) groups excluding carboxylic acids is 2. The van der Waals surface area contributed by atoms with Gasteiger partial charge in [0, 0.05) is 32.1 Å². The molecule has 1 atom stereocenters. The van der Waals surface area contributed by atoms with Crippen molar-refractivity contribution in [2.45, 2.75) is 45.1 Å². The maximum atomic E-state index is 11.8. The number of rotatable bonds is 8. The quantitative estimate of drug-likeness (QED) is 0.723. The van der Waals surface area contributed by atoms with E-state index in [1.54, 1.807) is 0 Å². The number of urea groups is 1. The summed E-state index contributed by atoms with van der Waals surface area (Å²) in [5, 5.41) is 5.82. The van der Waals surface area contributed by atoms with E-state index in [1.807, 2.05) is 30.0 Å². The van der Waals surface area contributed by atoms with Gasteiger partial charge in [-0.3, -0.25) is 4.79 Å². The fraction of sp³-hybridized carbons (Fsp3) is 0.556. The van der Waals surface area contributed by atoms with E-state index in [2.05, 4.69) is 22.8 Å². The molecule has 0 aromatic heterocycles. The second kappa shape index (κ2) is 9.18. The summed E-state index contributed by atoms with van der Waals surface area (Å²) in [6.07, 6.45) is 4.31. The maximum absolute atomic E-state index is 11.8. The minimum atomic E-state index is -0.127. The van der Waals surface area contributed by atoms with Crippen LogP contribution in [0.15, 0.2) is 30.3 Å². The average Bonchev–Trinajstić information content (AvgIpc) is 2.96. The highest BCUT2D eigenvalue weighted by atomic mass is 16.2. The van der Waals surface area contributed by atoms with Gasteiger partial charge in [0.25, 0.3) is 0 Å². The summed E-state index contributed by atoms with van der Waals surface area (Å²) < 4.78 is 0. The zero-order chi connectivity index (χ0) is 16.5. The lowest BCUT2D eigenvalue weighted by Crippen LogP contribution is -2.42. The van der Waals surface area contributed by atoms with Crippen LogP contribution in [0.1, 0.15) is 38.2 Å². The molecule has 2 N–H and O–H groups in total. The summed E-state index contributed by atoms with van der Waals surface area (Å²) in [4.78, 5) is 25.2. The van der Waals surface area contributed by atoms with Crippen molar-refractivity contribution < 1.29 is 9.59 Å². The Kier molecular flexibility index (Phi) is 6.91. The molecule has 5 nitrogen and oxygen atoms in total. The normalized spacial score (nSPS) is 15.5. The lowest BCUT2D eigenvalue weighted by molar-refractivity contribution is -0.127. The molecule has 1 heterocycles. The summed E-state index contributed by atoms with van der Waals surface area (Å²) >= 11 is 0. The van der Waals surface area contributed by atoms with Gasteiger partial charge in [0.05, 0.1) is 0 Å². The van der Waals surface area contributed by atoms with E-state index in [4.69, 9.17) is 0 Å². The Hall–Kier alpha value is -2.04. The molecule has 1 saturated heterocycles. The van der Waals surface area contributed by atoms with Crippen molar-refractivity contribution in [3.63, 3.8) is 0 Å². The van der Waals surface area contributed by atoms with Crippen LogP contribution in [0.5, 0.6) is 0 Å². The van der Waals surface area contributed by atoms with Crippen LogP contribution >= 0.6 is 0 Å². The summed E-state index contributed by atoms with van der Waals surface area (Å²) in [5.41, 5.74) is 1.29. The summed E-state index contributed by atoms with van der Waals surface area (Å²) in [6.45, 7) is 4.22. The Morgan fingerprint density at radius 1 is 1.30 bits per heavy atom. The van der Waals surface area contributed by atoms with Crippen LogP contribution in [0, 0.1) is 0 Å². The SMILES string of the molecule is C[C@H](CCc1ccccc1)NC(=O)NCCCN1CCCC1=O. The molecular weight excluding hydrogens is 290 g/mol. The molecular formula is C18H27N3O2. The fourth-order valence-electron chi connectivity index (χ4n) is 2.79. The van der Waals surface area contributed by atoms with Crippen molar-refractivity contribution >= 4 is 11.9 Å². The Balaban J connectivity index is 1.54. The van der Waals surface area contributed by atoms with Gasteiger partial charge < -0.3 is 15.5 Å². The molecule has 5 heteroatoms. The van der Waals surface area contributed by atoms with Crippen LogP contribution in [0.2, 0.25) is 0 Å². The first-order valence-electron chi connectivity index (χ1n) is 8.51. The second-order valence-corrected chi connectivity index (χ2v) is 6.16. The molecule has 2 rings (SSSR count). The lowest BCUT2D eigenvalue weighted by Gasteiger charge is -2.17. The first-order valence-corrected chi connectivity index (χ1v) is 8.51. The maximum Gasteiger partial charge on any atom is 0.314 e. The Labute approximate surface area is 138 Å². The smallest absolute Gasteiger partial charge is 0.314 e. The highest BCUT2D eigenvalue weighted by molar-refractivity contribution is 5.78. The van der Waals surface area contributed by atoms with E-state index >= 15 is 0 Å². The molecule has 0 radical (unpaired) electrons. The van der Waals surface area contributed by atoms with Gasteiger partial charge in [-0.05, 0) is 38.2 Å². The van der Waals surface area contributed by atoms with E-state index in [9.17, 15) is 9.59 Å². The first kappa shape index (κ1) is 17.3. The third-order valence-electron chi connectivity index (χ3n) is 4.15. The van der Waals surface area contributed by atoms with E-state index in [0.717, 1.165) is 38.8 Å². The highest BCUT2D eigenvalue weighted by Crippen LogP contribution is 2.09. The highest BCUT2D eigenvalue weighted by Gasteiger charge is 2.19. The van der Waals surface area contributed by atoms with Crippen molar-refractivity contribution in [3.05, 3.63) is 35.9 Å². The molecule has 1 aliphatic rings. The van der Waals surface area contributed by atoms with Crippen LogP contribution in [0.3, 0.4) is 0 Å². The monoisotopic (exact) mass is 317 g/mol. The topological polar surface area (TPSA) is 61.4 Å². The van der Waals surface area contributed by atoms with Crippen molar-refractivity contribution in [2.75, 3.05) is 19.6 Å². The average molecular weight is 317 g/mol. The van der Waals surface area contributed by atoms with E-state index in [-0.39, 0.29) is 18.0 Å². The molecule has 1 aliphatic heterocycles. The Morgan fingerprint density at radius 3 is 2.78 bits per heavy atom. The van der Waals surface area contributed by atoms with Crippen molar-refractivity contribution in [1.29, 1.82) is 0 Å². The number of aryl methyl sites for hydroxylation is 1. The van der Waals surface area contributed by atoms with Crippen LogP contribution in [-0.4, -0.2) is 42.5 Å². The summed E-state index contributed by atoms with van der Waals surface area (Å²) in [6, 6.07) is 10.3. The summed E-state index contributed by atoms with van der Waals surface area (Å²) in [5.74, 6) is 0.240. The van der Waals surface area contributed by atoms with Crippen molar-refractivity contribution in [3.8, 4) is 0 Å². The zero-order valence-electron chi connectivity index (χ0n) is 13.9. The van der Waals surface area contributed by atoms with Gasteiger partial charge in [0.1, 0.15) is 0 Å². The Morgan fingerprint density at radius 2 is 2.09 bits per heavy atom. The third kappa shape index (κ3) is 6.30. The number of amides is 3. The number of hydrogen-bond donors (Lipinski definition) is 2.